The van der Waals surface area contributed by atoms with E-state index in [9.17, 15) is 55.2 Å². The number of fused-ring (bicyclic) bond motifs is 3. The maximum absolute atomic E-state index is 13.9. The number of carbonyl (C=O) groups excluding carboxylic acids is 3. The van der Waals surface area contributed by atoms with Gasteiger partial charge in [0.05, 0.1) is 17.9 Å². The molecule has 16 heteroatoms. The molecule has 1 amide bonds. The molecule has 268 valence electrons. The summed E-state index contributed by atoms with van der Waals surface area (Å²) in [6, 6.07) is 8.22. The zero-order valence-corrected chi connectivity index (χ0v) is 27.1. The third-order valence-electron chi connectivity index (χ3n) is 10.1. The van der Waals surface area contributed by atoms with Gasteiger partial charge in [-0.15, -0.1) is 0 Å². The van der Waals surface area contributed by atoms with Crippen molar-refractivity contribution in [2.24, 2.45) is 17.6 Å². The van der Waals surface area contributed by atoms with Gasteiger partial charge in [0, 0.05) is 49.8 Å². The van der Waals surface area contributed by atoms with Crippen LogP contribution in [0.5, 0.6) is 11.5 Å². The number of carbonyl (C=O) groups is 3. The van der Waals surface area contributed by atoms with E-state index in [0.717, 1.165) is 0 Å². The minimum absolute atomic E-state index is 0.00176. The van der Waals surface area contributed by atoms with E-state index in [2.05, 4.69) is 5.32 Å². The highest BCUT2D eigenvalue weighted by atomic mass is 16.7. The summed E-state index contributed by atoms with van der Waals surface area (Å²) in [5.74, 6) is -7.00. The number of hydrogen-bond donors (Lipinski definition) is 10. The second-order valence-corrected chi connectivity index (χ2v) is 13.2. The van der Waals surface area contributed by atoms with Crippen LogP contribution in [0.3, 0.4) is 0 Å². The second-order valence-electron chi connectivity index (χ2n) is 13.2. The summed E-state index contributed by atoms with van der Waals surface area (Å²) < 4.78 is 11.3. The number of phenolic OH excluding ortho intramolecular Hbond substituents is 1. The largest absolute Gasteiger partial charge is 0.508 e. The number of nitrogens with one attached hydrogen (secondary N) is 1. The van der Waals surface area contributed by atoms with Crippen molar-refractivity contribution in [3.8, 4) is 11.5 Å². The predicted molar refractivity (Wildman–Crippen MR) is 174 cm³/mol. The first kappa shape index (κ1) is 35.1. The minimum Gasteiger partial charge on any atom is -0.508 e. The summed E-state index contributed by atoms with van der Waals surface area (Å²) in [6.07, 6.45) is -7.78. The number of primary amides is 1. The molecule has 2 aromatic rings. The highest BCUT2D eigenvalue weighted by molar-refractivity contribution is 6.22. The Hall–Kier alpha value is -4.71. The highest BCUT2D eigenvalue weighted by Crippen LogP contribution is 2.54. The molecule has 0 unspecified atom stereocenters. The van der Waals surface area contributed by atoms with Crippen LogP contribution in [0.2, 0.25) is 0 Å². The molecule has 3 aliphatic carbocycles. The van der Waals surface area contributed by atoms with Crippen LogP contribution >= 0.6 is 0 Å². The molecule has 6 rings (SSSR count). The lowest BCUT2D eigenvalue weighted by atomic mass is 9.59. The summed E-state index contributed by atoms with van der Waals surface area (Å²) in [5.41, 5.74) is 3.05. The van der Waals surface area contributed by atoms with Crippen LogP contribution in [-0.2, 0) is 32.1 Å². The number of benzene rings is 2. The predicted octanol–water partition coefficient (Wildman–Crippen LogP) is -0.719. The quantitative estimate of drug-likeness (QED) is 0.120. The molecule has 1 aliphatic heterocycles. The van der Waals surface area contributed by atoms with E-state index >= 15 is 0 Å². The van der Waals surface area contributed by atoms with Gasteiger partial charge in [-0.2, -0.15) is 0 Å². The fraction of sp³-hybridized carbons (Fsp3) is 0.441. The monoisotopic (exact) mass is 697 g/mol. The summed E-state index contributed by atoms with van der Waals surface area (Å²) in [7, 11) is 3.49. The van der Waals surface area contributed by atoms with Gasteiger partial charge in [-0.3, -0.25) is 14.4 Å². The molecule has 8 atom stereocenters. The van der Waals surface area contributed by atoms with Gasteiger partial charge in [-0.1, -0.05) is 18.2 Å². The van der Waals surface area contributed by atoms with Crippen LogP contribution in [0, 0.1) is 11.8 Å². The molecule has 0 radical (unpaired) electrons. The Morgan fingerprint density at radius 1 is 1.08 bits per heavy atom. The van der Waals surface area contributed by atoms with Crippen LogP contribution < -0.4 is 20.7 Å². The fourth-order valence-corrected chi connectivity index (χ4v) is 7.45. The van der Waals surface area contributed by atoms with Gasteiger partial charge in [-0.25, -0.2) is 0 Å². The molecule has 0 spiro atoms. The molecule has 1 saturated carbocycles. The Labute approximate surface area is 285 Å². The van der Waals surface area contributed by atoms with Gasteiger partial charge in [-0.05, 0) is 36.5 Å². The molecule has 0 aromatic heterocycles. The number of aliphatic hydroxyl groups is 7. The van der Waals surface area contributed by atoms with E-state index in [1.807, 2.05) is 0 Å². The van der Waals surface area contributed by atoms with Crippen LogP contribution in [0.25, 0.3) is 5.76 Å². The molecule has 0 bridgehead atoms. The first-order valence-electron chi connectivity index (χ1n) is 15.9. The standard InChI is InChI=1S/C34H39N3O13/c1-37(2)18-10-17(36-11-13-5-3-4-6-20(13)49-33-29(44)28(43)26(41)21(12-38)50-33)25(40)23-16(18)8-14-7-15-9-19(39)24(32(35)47)31(46)34(15,48)30(45)22(14)27(23)42/h3-6,10,14-15,21,26,28-29,33,36,38,40-44,46,48H,7-9,11-12H2,1-2H3,(H2,35,47)/t14-,15+,21-,26-,28+,29-,33-,34+/m1/s1. The Morgan fingerprint density at radius 3 is 2.44 bits per heavy atom. The topological polar surface area (TPSA) is 273 Å². The van der Waals surface area contributed by atoms with Crippen molar-refractivity contribution >= 4 is 34.6 Å². The smallest absolute Gasteiger partial charge is 0.255 e. The van der Waals surface area contributed by atoms with E-state index in [1.54, 1.807) is 49.3 Å². The lowest BCUT2D eigenvalue weighted by Gasteiger charge is -2.46. The number of anilines is 2. The van der Waals surface area contributed by atoms with Gasteiger partial charge in [0.25, 0.3) is 5.91 Å². The maximum atomic E-state index is 13.9. The SMILES string of the molecule is CN(C)c1cc(NCc2ccccc2O[C@@H]2O[C@H](CO)[C@@H](O)[C@H](O)[C@H]2O)c(O)c2c1C[C@H]1C[C@H]3CC(=O)C(C(N)=O)=C(O)[C@@]3(O)C(=O)C1=C2O. The minimum atomic E-state index is -2.68. The average Bonchev–Trinajstić information content (AvgIpc) is 3.06. The van der Waals surface area contributed by atoms with E-state index in [0.29, 0.717) is 16.8 Å². The van der Waals surface area contributed by atoms with Crippen molar-refractivity contribution in [3.05, 3.63) is 63.9 Å². The number of rotatable bonds is 8. The number of para-hydroxylation sites is 1. The molecule has 2 fully saturated rings. The summed E-state index contributed by atoms with van der Waals surface area (Å²) in [4.78, 5) is 40.3. The zero-order chi connectivity index (χ0) is 36.4. The molecule has 2 aromatic carbocycles. The number of phenols is 1. The van der Waals surface area contributed by atoms with Crippen molar-refractivity contribution in [2.45, 2.75) is 62.1 Å². The van der Waals surface area contributed by atoms with E-state index in [-0.39, 0.29) is 42.0 Å². The third-order valence-corrected chi connectivity index (χ3v) is 10.1. The van der Waals surface area contributed by atoms with Crippen molar-refractivity contribution < 1.29 is 64.7 Å². The van der Waals surface area contributed by atoms with Crippen molar-refractivity contribution in [2.75, 3.05) is 30.9 Å². The van der Waals surface area contributed by atoms with Gasteiger partial charge >= 0.3 is 0 Å². The van der Waals surface area contributed by atoms with Crippen LogP contribution in [-0.4, -0.2) is 115 Å². The van der Waals surface area contributed by atoms with Crippen molar-refractivity contribution in [3.63, 3.8) is 0 Å². The molecule has 1 saturated heterocycles. The molecular formula is C34H39N3O13. The number of nitrogens with zero attached hydrogens (tertiary/aromatic N) is 1. The lowest BCUT2D eigenvalue weighted by Crippen LogP contribution is -2.60. The number of amides is 1. The van der Waals surface area contributed by atoms with E-state index < -0.39 is 101 Å². The fourth-order valence-electron chi connectivity index (χ4n) is 7.45. The number of hydrogen-bond acceptors (Lipinski definition) is 15. The highest BCUT2D eigenvalue weighted by Gasteiger charge is 2.60. The molecule has 50 heavy (non-hydrogen) atoms. The molecule has 11 N–H and O–H groups in total. The third kappa shape index (κ3) is 5.44. The van der Waals surface area contributed by atoms with Gasteiger partial charge in [0.2, 0.25) is 12.1 Å². The Kier molecular flexibility index (Phi) is 9.05. The van der Waals surface area contributed by atoms with Crippen LogP contribution in [0.15, 0.2) is 47.2 Å². The first-order chi connectivity index (χ1) is 23.6. The Morgan fingerprint density at radius 2 is 1.78 bits per heavy atom. The van der Waals surface area contributed by atoms with Gasteiger partial charge < -0.3 is 66.3 Å². The number of aromatic hydroxyl groups is 1. The molecule has 16 nitrogen and oxygen atoms in total. The Balaban J connectivity index is 1.34. The van der Waals surface area contributed by atoms with E-state index in [1.165, 1.54) is 0 Å². The summed E-state index contributed by atoms with van der Waals surface area (Å²) in [5, 5.41) is 89.0. The van der Waals surface area contributed by atoms with Crippen molar-refractivity contribution in [1.29, 1.82) is 0 Å². The average molecular weight is 698 g/mol. The second kappa shape index (κ2) is 12.9. The molecular weight excluding hydrogens is 658 g/mol. The lowest BCUT2D eigenvalue weighted by molar-refractivity contribution is -0.277. The molecule has 4 aliphatic rings. The number of ketones is 2. The van der Waals surface area contributed by atoms with E-state index in [4.69, 9.17) is 15.2 Å². The normalized spacial score (nSPS) is 30.7. The van der Waals surface area contributed by atoms with Gasteiger partial charge in [0.1, 0.15) is 53.0 Å². The Bertz CT molecular complexity index is 1820. The maximum Gasteiger partial charge on any atom is 0.255 e. The first-order valence-corrected chi connectivity index (χ1v) is 15.9. The number of ether oxygens (including phenoxy) is 2. The number of nitrogens with two attached hydrogens (primary N) is 1. The zero-order valence-electron chi connectivity index (χ0n) is 27.1. The number of Topliss-reactive ketones (excluding diaryl/α,β-unsaturated/α-hetero) is 2. The summed E-state index contributed by atoms with van der Waals surface area (Å²) in [6.45, 7) is -0.642. The van der Waals surface area contributed by atoms with Crippen LogP contribution in [0.1, 0.15) is 29.5 Å². The molecule has 1 heterocycles. The van der Waals surface area contributed by atoms with Crippen molar-refractivity contribution in [1.82, 2.24) is 0 Å². The number of aliphatic hydroxyl groups excluding tert-OH is 6. The van der Waals surface area contributed by atoms with Crippen LogP contribution in [0.4, 0.5) is 11.4 Å². The summed E-state index contributed by atoms with van der Waals surface area (Å²) >= 11 is 0. The van der Waals surface area contributed by atoms with Gasteiger partial charge in [0.15, 0.2) is 11.4 Å².